The van der Waals surface area contributed by atoms with Crippen molar-refractivity contribution < 1.29 is 23.4 Å². The van der Waals surface area contributed by atoms with E-state index in [0.717, 1.165) is 11.8 Å². The number of halogens is 1. The number of carboxylic acids is 1. The molecule has 0 fully saturated rings. The van der Waals surface area contributed by atoms with Gasteiger partial charge in [0.1, 0.15) is 16.8 Å². The number of rotatable bonds is 6. The third kappa shape index (κ3) is 3.95. The minimum absolute atomic E-state index is 0.0284. The van der Waals surface area contributed by atoms with Gasteiger partial charge in [0.05, 0.1) is 0 Å². The van der Waals surface area contributed by atoms with E-state index < -0.39 is 11.2 Å². The van der Waals surface area contributed by atoms with Crippen molar-refractivity contribution in [1.82, 2.24) is 10.2 Å². The van der Waals surface area contributed by atoms with Gasteiger partial charge in [0, 0.05) is 0 Å². The average molecular weight is 298 g/mol. The lowest BCUT2D eigenvalue weighted by Crippen LogP contribution is -2.10. The van der Waals surface area contributed by atoms with Crippen LogP contribution in [0.3, 0.4) is 0 Å². The summed E-state index contributed by atoms with van der Waals surface area (Å²) >= 11 is 0.951. The standard InChI is InChI=1S/C12H11FN2O4S/c1-7(11(16)17)20-12-15-14-10(19-12)6-18-9-4-2-8(13)3-5-9/h2-5,7H,6H2,1H3,(H,16,17)/t7-/m0/s1. The van der Waals surface area contributed by atoms with Crippen molar-refractivity contribution in [3.63, 3.8) is 0 Å². The van der Waals surface area contributed by atoms with Gasteiger partial charge in [0.15, 0.2) is 6.61 Å². The minimum Gasteiger partial charge on any atom is -0.484 e. The molecule has 0 saturated heterocycles. The fourth-order valence-corrected chi connectivity index (χ4v) is 1.86. The predicted octanol–water partition coefficient (Wildman–Crippen LogP) is 2.35. The summed E-state index contributed by atoms with van der Waals surface area (Å²) < 4.78 is 23.2. The molecule has 106 valence electrons. The second-order valence-electron chi connectivity index (χ2n) is 3.80. The van der Waals surface area contributed by atoms with Gasteiger partial charge in [0.25, 0.3) is 11.1 Å². The Kier molecular flexibility index (Phi) is 4.57. The van der Waals surface area contributed by atoms with Crippen LogP contribution in [-0.2, 0) is 11.4 Å². The van der Waals surface area contributed by atoms with E-state index in [9.17, 15) is 9.18 Å². The zero-order valence-corrected chi connectivity index (χ0v) is 11.3. The summed E-state index contributed by atoms with van der Waals surface area (Å²) in [4.78, 5) is 10.7. The number of aromatic nitrogens is 2. The van der Waals surface area contributed by atoms with Crippen LogP contribution in [0.2, 0.25) is 0 Å². The number of carbonyl (C=O) groups is 1. The Morgan fingerprint density at radius 2 is 2.15 bits per heavy atom. The van der Waals surface area contributed by atoms with E-state index in [2.05, 4.69) is 10.2 Å². The molecule has 0 unspecified atom stereocenters. The summed E-state index contributed by atoms with van der Waals surface area (Å²) in [5.74, 6) is -0.624. The van der Waals surface area contributed by atoms with E-state index in [0.29, 0.717) is 5.75 Å². The molecular formula is C12H11FN2O4S. The Hall–Kier alpha value is -2.09. The molecule has 1 heterocycles. The number of thioether (sulfide) groups is 1. The molecule has 0 saturated carbocycles. The topological polar surface area (TPSA) is 85.5 Å². The van der Waals surface area contributed by atoms with Crippen molar-refractivity contribution >= 4 is 17.7 Å². The van der Waals surface area contributed by atoms with E-state index in [1.165, 1.54) is 31.2 Å². The van der Waals surface area contributed by atoms with Crippen LogP contribution in [-0.4, -0.2) is 26.5 Å². The summed E-state index contributed by atoms with van der Waals surface area (Å²) in [7, 11) is 0. The first-order valence-electron chi connectivity index (χ1n) is 5.65. The Morgan fingerprint density at radius 1 is 1.45 bits per heavy atom. The van der Waals surface area contributed by atoms with E-state index in [1.807, 2.05) is 0 Å². The summed E-state index contributed by atoms with van der Waals surface area (Å²) in [6.45, 7) is 1.55. The molecule has 0 amide bonds. The molecule has 6 nitrogen and oxygen atoms in total. The third-order valence-electron chi connectivity index (χ3n) is 2.25. The smallest absolute Gasteiger partial charge is 0.316 e. The molecule has 0 spiro atoms. The van der Waals surface area contributed by atoms with Crippen LogP contribution in [0.4, 0.5) is 4.39 Å². The lowest BCUT2D eigenvalue weighted by molar-refractivity contribution is -0.136. The number of carboxylic acid groups (broad SMARTS) is 1. The monoisotopic (exact) mass is 298 g/mol. The van der Waals surface area contributed by atoms with Gasteiger partial charge in [0.2, 0.25) is 0 Å². The fraction of sp³-hybridized carbons (Fsp3) is 0.250. The van der Waals surface area contributed by atoms with Gasteiger partial charge >= 0.3 is 5.97 Å². The SMILES string of the molecule is C[C@H](Sc1nnc(COc2ccc(F)cc2)o1)C(=O)O. The van der Waals surface area contributed by atoms with Crippen LogP contribution in [0.15, 0.2) is 33.9 Å². The highest BCUT2D eigenvalue weighted by Gasteiger charge is 2.17. The van der Waals surface area contributed by atoms with Gasteiger partial charge in [-0.25, -0.2) is 4.39 Å². The van der Waals surface area contributed by atoms with E-state index in [4.69, 9.17) is 14.3 Å². The lowest BCUT2D eigenvalue weighted by Gasteiger charge is -2.02. The van der Waals surface area contributed by atoms with Gasteiger partial charge in [-0.3, -0.25) is 4.79 Å². The maximum Gasteiger partial charge on any atom is 0.316 e. The van der Waals surface area contributed by atoms with E-state index in [-0.39, 0.29) is 23.5 Å². The molecule has 2 rings (SSSR count). The number of nitrogens with zero attached hydrogens (tertiary/aromatic N) is 2. The Morgan fingerprint density at radius 3 is 2.80 bits per heavy atom. The number of aliphatic carboxylic acids is 1. The number of ether oxygens (including phenoxy) is 1. The first-order valence-corrected chi connectivity index (χ1v) is 6.53. The van der Waals surface area contributed by atoms with Crippen molar-refractivity contribution in [3.8, 4) is 5.75 Å². The van der Waals surface area contributed by atoms with E-state index >= 15 is 0 Å². The highest BCUT2D eigenvalue weighted by atomic mass is 32.2. The zero-order chi connectivity index (χ0) is 14.5. The fourth-order valence-electron chi connectivity index (χ4n) is 1.22. The van der Waals surface area contributed by atoms with Crippen LogP contribution >= 0.6 is 11.8 Å². The summed E-state index contributed by atoms with van der Waals surface area (Å²) in [5, 5.41) is 15.7. The largest absolute Gasteiger partial charge is 0.484 e. The molecule has 0 aliphatic carbocycles. The molecule has 1 N–H and O–H groups in total. The maximum absolute atomic E-state index is 12.7. The molecule has 0 bridgehead atoms. The van der Waals surface area contributed by atoms with Crippen LogP contribution in [0, 0.1) is 5.82 Å². The van der Waals surface area contributed by atoms with Gasteiger partial charge < -0.3 is 14.3 Å². The van der Waals surface area contributed by atoms with E-state index in [1.54, 1.807) is 0 Å². The Bertz CT molecular complexity index is 587. The van der Waals surface area contributed by atoms with Crippen molar-refractivity contribution in [2.45, 2.75) is 24.0 Å². The van der Waals surface area contributed by atoms with Crippen LogP contribution in [0.5, 0.6) is 5.75 Å². The van der Waals surface area contributed by atoms with Crippen molar-refractivity contribution in [1.29, 1.82) is 0 Å². The van der Waals surface area contributed by atoms with Crippen LogP contribution < -0.4 is 4.74 Å². The first kappa shape index (κ1) is 14.3. The highest BCUT2D eigenvalue weighted by Crippen LogP contribution is 2.22. The molecule has 1 aromatic carbocycles. The Balaban J connectivity index is 1.89. The summed E-state index contributed by atoms with van der Waals surface area (Å²) in [6, 6.07) is 5.51. The molecule has 1 atom stereocenters. The second-order valence-corrected chi connectivity index (χ2v) is 5.09. The number of benzene rings is 1. The third-order valence-corrected chi connectivity index (χ3v) is 3.17. The average Bonchev–Trinajstić information content (AvgIpc) is 2.85. The normalized spacial score (nSPS) is 12.1. The number of hydrogen-bond acceptors (Lipinski definition) is 6. The van der Waals surface area contributed by atoms with Crippen LogP contribution in [0.1, 0.15) is 12.8 Å². The highest BCUT2D eigenvalue weighted by molar-refractivity contribution is 8.00. The molecular weight excluding hydrogens is 287 g/mol. The first-order chi connectivity index (χ1) is 9.54. The van der Waals surface area contributed by atoms with Gasteiger partial charge in [-0.05, 0) is 31.2 Å². The van der Waals surface area contributed by atoms with Crippen molar-refractivity contribution in [2.75, 3.05) is 0 Å². The number of hydrogen-bond donors (Lipinski definition) is 1. The molecule has 1 aromatic heterocycles. The Labute approximate surface area is 118 Å². The van der Waals surface area contributed by atoms with Gasteiger partial charge in [-0.15, -0.1) is 10.2 Å². The summed E-state index contributed by atoms with van der Waals surface area (Å²) in [6.07, 6.45) is 0. The molecule has 20 heavy (non-hydrogen) atoms. The minimum atomic E-state index is -0.961. The summed E-state index contributed by atoms with van der Waals surface area (Å²) in [5.41, 5.74) is 0. The molecule has 2 aromatic rings. The van der Waals surface area contributed by atoms with Crippen LogP contribution in [0.25, 0.3) is 0 Å². The zero-order valence-electron chi connectivity index (χ0n) is 10.4. The molecule has 0 radical (unpaired) electrons. The van der Waals surface area contributed by atoms with Crippen molar-refractivity contribution in [2.24, 2.45) is 0 Å². The van der Waals surface area contributed by atoms with Gasteiger partial charge in [-0.1, -0.05) is 11.8 Å². The molecule has 8 heteroatoms. The second kappa shape index (κ2) is 6.38. The molecule has 0 aliphatic rings. The predicted molar refractivity (Wildman–Crippen MR) is 68.0 cm³/mol. The lowest BCUT2D eigenvalue weighted by atomic mass is 10.3. The quantitative estimate of drug-likeness (QED) is 0.819. The maximum atomic E-state index is 12.7. The van der Waals surface area contributed by atoms with Crippen molar-refractivity contribution in [3.05, 3.63) is 36.0 Å². The van der Waals surface area contributed by atoms with Gasteiger partial charge in [-0.2, -0.15) is 0 Å². The molecule has 0 aliphatic heterocycles.